The highest BCUT2D eigenvalue weighted by atomic mass is 14.9. The van der Waals surface area contributed by atoms with Crippen molar-refractivity contribution in [3.63, 3.8) is 0 Å². The van der Waals surface area contributed by atoms with Crippen molar-refractivity contribution < 1.29 is 0 Å². The van der Waals surface area contributed by atoms with E-state index in [0.29, 0.717) is 5.84 Å². The molecule has 2 heteroatoms. The number of nitrogens with zero attached hydrogens (tertiary/aromatic N) is 1. The molecule has 2 N–H and O–H groups in total. The summed E-state index contributed by atoms with van der Waals surface area (Å²) in [4.78, 5) is 4.59. The third-order valence-corrected chi connectivity index (χ3v) is 4.05. The van der Waals surface area contributed by atoms with E-state index in [1.54, 1.807) is 0 Å². The first kappa shape index (κ1) is 16.7. The van der Waals surface area contributed by atoms with Gasteiger partial charge in [-0.15, -0.1) is 0 Å². The van der Waals surface area contributed by atoms with Gasteiger partial charge in [0.15, 0.2) is 0 Å². The second-order valence-electron chi connectivity index (χ2n) is 6.12. The van der Waals surface area contributed by atoms with Crippen LogP contribution in [0.3, 0.4) is 0 Å². The molecule has 0 amide bonds. The van der Waals surface area contributed by atoms with E-state index < -0.39 is 0 Å². The van der Waals surface area contributed by atoms with Crippen LogP contribution in [-0.2, 0) is 0 Å². The van der Waals surface area contributed by atoms with Gasteiger partial charge in [-0.1, -0.05) is 72.3 Å². The third kappa shape index (κ3) is 4.24. The SMILES string of the molecule is Cc1cc(C)c(/C=C/c2ccccc2)c(C(N)=Nc2ccccc2)c1. The number of hydrogen-bond donors (Lipinski definition) is 1. The lowest BCUT2D eigenvalue weighted by atomic mass is 9.97. The Labute approximate surface area is 149 Å². The lowest BCUT2D eigenvalue weighted by Crippen LogP contribution is -2.15. The number of aliphatic imine (C=N–C) groups is 1. The van der Waals surface area contributed by atoms with Gasteiger partial charge in [-0.2, -0.15) is 0 Å². The van der Waals surface area contributed by atoms with E-state index >= 15 is 0 Å². The van der Waals surface area contributed by atoms with Crippen LogP contribution < -0.4 is 5.73 Å². The van der Waals surface area contributed by atoms with Gasteiger partial charge >= 0.3 is 0 Å². The molecular weight excluding hydrogens is 304 g/mol. The molecule has 0 aliphatic rings. The van der Waals surface area contributed by atoms with Gasteiger partial charge in [-0.25, -0.2) is 4.99 Å². The van der Waals surface area contributed by atoms with Crippen molar-refractivity contribution in [1.82, 2.24) is 0 Å². The summed E-state index contributed by atoms with van der Waals surface area (Å²) in [7, 11) is 0. The number of para-hydroxylation sites is 1. The molecule has 0 spiro atoms. The Morgan fingerprint density at radius 3 is 2.16 bits per heavy atom. The minimum Gasteiger partial charge on any atom is -0.383 e. The summed E-state index contributed by atoms with van der Waals surface area (Å²) in [5, 5.41) is 0. The fraction of sp³-hybridized carbons (Fsp3) is 0.0870. The molecule has 0 saturated carbocycles. The van der Waals surface area contributed by atoms with E-state index in [1.807, 2.05) is 48.5 Å². The van der Waals surface area contributed by atoms with Crippen LogP contribution >= 0.6 is 0 Å². The second-order valence-corrected chi connectivity index (χ2v) is 6.12. The maximum atomic E-state index is 6.35. The zero-order valence-electron chi connectivity index (χ0n) is 14.6. The van der Waals surface area contributed by atoms with E-state index in [0.717, 1.165) is 22.4 Å². The van der Waals surface area contributed by atoms with Crippen molar-refractivity contribution in [1.29, 1.82) is 0 Å². The molecule has 3 aromatic rings. The summed E-state index contributed by atoms with van der Waals surface area (Å²) in [5.74, 6) is 0.533. The van der Waals surface area contributed by atoms with Gasteiger partial charge < -0.3 is 5.73 Å². The molecule has 3 aromatic carbocycles. The van der Waals surface area contributed by atoms with Crippen molar-refractivity contribution in [3.8, 4) is 0 Å². The van der Waals surface area contributed by atoms with E-state index in [2.05, 4.69) is 55.3 Å². The molecule has 124 valence electrons. The van der Waals surface area contributed by atoms with E-state index in [-0.39, 0.29) is 0 Å². The summed E-state index contributed by atoms with van der Waals surface area (Å²) in [6.45, 7) is 4.19. The van der Waals surface area contributed by atoms with E-state index in [4.69, 9.17) is 5.73 Å². The highest BCUT2D eigenvalue weighted by Crippen LogP contribution is 2.21. The molecule has 0 saturated heterocycles. The molecule has 0 aromatic heterocycles. The maximum Gasteiger partial charge on any atom is 0.131 e. The van der Waals surface area contributed by atoms with Crippen molar-refractivity contribution in [2.24, 2.45) is 10.7 Å². The molecule has 3 rings (SSSR count). The predicted molar refractivity (Wildman–Crippen MR) is 108 cm³/mol. The molecule has 2 nitrogen and oxygen atoms in total. The average molecular weight is 326 g/mol. The number of nitrogens with two attached hydrogens (primary N) is 1. The number of aryl methyl sites for hydroxylation is 2. The van der Waals surface area contributed by atoms with Crippen LogP contribution in [0.4, 0.5) is 5.69 Å². The van der Waals surface area contributed by atoms with Crippen molar-refractivity contribution in [2.75, 3.05) is 0 Å². The molecular formula is C23H22N2. The van der Waals surface area contributed by atoms with Crippen LogP contribution in [0.15, 0.2) is 77.8 Å². The van der Waals surface area contributed by atoms with Gasteiger partial charge in [0, 0.05) is 5.56 Å². The molecule has 0 fully saturated rings. The quantitative estimate of drug-likeness (QED) is 0.383. The van der Waals surface area contributed by atoms with E-state index in [9.17, 15) is 0 Å². The largest absolute Gasteiger partial charge is 0.383 e. The van der Waals surface area contributed by atoms with Gasteiger partial charge in [0.1, 0.15) is 5.84 Å². The fourth-order valence-corrected chi connectivity index (χ4v) is 2.86. The molecule has 0 bridgehead atoms. The van der Waals surface area contributed by atoms with Crippen molar-refractivity contribution in [3.05, 3.63) is 101 Å². The summed E-state index contributed by atoms with van der Waals surface area (Å²) < 4.78 is 0. The molecule has 0 heterocycles. The minimum absolute atomic E-state index is 0.533. The molecule has 0 aliphatic carbocycles. The monoisotopic (exact) mass is 326 g/mol. The summed E-state index contributed by atoms with van der Waals surface area (Å²) >= 11 is 0. The third-order valence-electron chi connectivity index (χ3n) is 4.05. The zero-order valence-corrected chi connectivity index (χ0v) is 14.6. The number of benzene rings is 3. The van der Waals surface area contributed by atoms with Crippen molar-refractivity contribution in [2.45, 2.75) is 13.8 Å². The molecule has 0 unspecified atom stereocenters. The first-order valence-corrected chi connectivity index (χ1v) is 8.37. The van der Waals surface area contributed by atoms with Gasteiger partial charge in [-0.3, -0.25) is 0 Å². The Bertz CT molecular complexity index is 908. The number of rotatable bonds is 4. The Hall–Kier alpha value is -3.13. The summed E-state index contributed by atoms with van der Waals surface area (Å²) in [6, 6.07) is 24.3. The van der Waals surface area contributed by atoms with Crippen LogP contribution in [0.25, 0.3) is 12.2 Å². The highest BCUT2D eigenvalue weighted by Gasteiger charge is 2.09. The predicted octanol–water partition coefficient (Wildman–Crippen LogP) is 5.51. The van der Waals surface area contributed by atoms with Gasteiger partial charge in [-0.05, 0) is 48.7 Å². The van der Waals surface area contributed by atoms with Gasteiger partial charge in [0.25, 0.3) is 0 Å². The van der Waals surface area contributed by atoms with Gasteiger partial charge in [0.2, 0.25) is 0 Å². The Balaban J connectivity index is 2.04. The Kier molecular flexibility index (Phi) is 5.10. The van der Waals surface area contributed by atoms with Crippen LogP contribution in [0, 0.1) is 13.8 Å². The molecule has 0 aliphatic heterocycles. The zero-order chi connectivity index (χ0) is 17.6. The van der Waals surface area contributed by atoms with Crippen molar-refractivity contribution >= 4 is 23.7 Å². The Morgan fingerprint density at radius 2 is 1.48 bits per heavy atom. The smallest absolute Gasteiger partial charge is 0.131 e. The number of hydrogen-bond acceptors (Lipinski definition) is 1. The number of amidine groups is 1. The lowest BCUT2D eigenvalue weighted by molar-refractivity contribution is 1.34. The topological polar surface area (TPSA) is 38.4 Å². The van der Waals surface area contributed by atoms with Crippen LogP contribution in [-0.4, -0.2) is 5.84 Å². The highest BCUT2D eigenvalue weighted by molar-refractivity contribution is 6.03. The summed E-state index contributed by atoms with van der Waals surface area (Å²) in [6.07, 6.45) is 4.23. The second kappa shape index (κ2) is 7.63. The first-order valence-electron chi connectivity index (χ1n) is 8.37. The molecule has 0 radical (unpaired) electrons. The first-order chi connectivity index (χ1) is 12.1. The minimum atomic E-state index is 0.533. The molecule has 25 heavy (non-hydrogen) atoms. The normalized spacial score (nSPS) is 11.8. The van der Waals surface area contributed by atoms with Crippen LogP contribution in [0.5, 0.6) is 0 Å². The molecule has 0 atom stereocenters. The van der Waals surface area contributed by atoms with E-state index in [1.165, 1.54) is 11.1 Å². The van der Waals surface area contributed by atoms with Crippen LogP contribution in [0.2, 0.25) is 0 Å². The fourth-order valence-electron chi connectivity index (χ4n) is 2.86. The summed E-state index contributed by atoms with van der Waals surface area (Å²) in [5.41, 5.74) is 12.8. The van der Waals surface area contributed by atoms with Gasteiger partial charge in [0.05, 0.1) is 5.69 Å². The Morgan fingerprint density at radius 1 is 0.840 bits per heavy atom. The maximum absolute atomic E-state index is 6.35. The lowest BCUT2D eigenvalue weighted by Gasteiger charge is -2.11. The average Bonchev–Trinajstić information content (AvgIpc) is 2.62. The standard InChI is InChI=1S/C23H22N2/c1-17-15-18(2)21(14-13-19-9-5-3-6-10-19)22(16-17)23(24)25-20-11-7-4-8-12-20/h3-16H,1-2H3,(H2,24,25)/b14-13+. The van der Waals surface area contributed by atoms with Crippen LogP contribution in [0.1, 0.15) is 27.8 Å².